The molecule has 0 spiro atoms. The van der Waals surface area contributed by atoms with E-state index in [1.165, 1.54) is 35.2 Å². The molecule has 0 saturated carbocycles. The molecule has 47 heavy (non-hydrogen) atoms. The van der Waals surface area contributed by atoms with Gasteiger partial charge in [-0.25, -0.2) is 12.8 Å². The molecule has 4 aromatic carbocycles. The van der Waals surface area contributed by atoms with Crippen molar-refractivity contribution in [1.82, 2.24) is 10.2 Å². The molecular formula is C36H38FN3O6S. The SMILES string of the molecule is CC[C@H](C)NC(=O)[C@@H](Cc1ccccc1)N(Cc1ccc(F)cc1)C(=O)CN(c1ccc2c(c1)OCCO2)S(=O)(=O)c1ccccc1. The van der Waals surface area contributed by atoms with Gasteiger partial charge in [-0.15, -0.1) is 0 Å². The molecule has 2 amide bonds. The van der Waals surface area contributed by atoms with E-state index in [0.29, 0.717) is 36.7 Å². The minimum atomic E-state index is -4.28. The fourth-order valence-electron chi connectivity index (χ4n) is 5.22. The Morgan fingerprint density at radius 1 is 0.851 bits per heavy atom. The number of hydrogen-bond acceptors (Lipinski definition) is 6. The Kier molecular flexibility index (Phi) is 10.8. The third-order valence-corrected chi connectivity index (χ3v) is 9.75. The summed E-state index contributed by atoms with van der Waals surface area (Å²) in [6.07, 6.45) is 0.842. The molecule has 1 N–H and O–H groups in total. The molecule has 4 aromatic rings. The maximum absolute atomic E-state index is 14.6. The van der Waals surface area contributed by atoms with E-state index >= 15 is 0 Å². The number of benzene rings is 4. The number of carbonyl (C=O) groups is 2. The third kappa shape index (κ3) is 8.28. The second-order valence-corrected chi connectivity index (χ2v) is 13.2. The van der Waals surface area contributed by atoms with E-state index < -0.39 is 34.3 Å². The van der Waals surface area contributed by atoms with Gasteiger partial charge in [0.15, 0.2) is 11.5 Å². The molecule has 5 rings (SSSR count). The van der Waals surface area contributed by atoms with Crippen LogP contribution in [0.25, 0.3) is 0 Å². The Hall–Kier alpha value is -4.90. The Bertz CT molecular complexity index is 1770. The van der Waals surface area contributed by atoms with Gasteiger partial charge in [0, 0.05) is 25.1 Å². The Balaban J connectivity index is 1.58. The topological polar surface area (TPSA) is 105 Å². The molecule has 2 atom stereocenters. The first-order chi connectivity index (χ1) is 22.7. The van der Waals surface area contributed by atoms with E-state index in [-0.39, 0.29) is 35.5 Å². The molecule has 246 valence electrons. The number of anilines is 1. The number of nitrogens with zero attached hydrogens (tertiary/aromatic N) is 2. The van der Waals surface area contributed by atoms with Crippen molar-refractivity contribution >= 4 is 27.5 Å². The summed E-state index contributed by atoms with van der Waals surface area (Å²) in [4.78, 5) is 29.8. The average Bonchev–Trinajstić information content (AvgIpc) is 3.09. The van der Waals surface area contributed by atoms with Crippen LogP contribution in [-0.4, -0.2) is 57.0 Å². The fraction of sp³-hybridized carbons (Fsp3) is 0.278. The lowest BCUT2D eigenvalue weighted by Gasteiger charge is -2.34. The second kappa shape index (κ2) is 15.1. The number of fused-ring (bicyclic) bond motifs is 1. The molecule has 1 aliphatic heterocycles. The van der Waals surface area contributed by atoms with Crippen LogP contribution in [0.5, 0.6) is 11.5 Å². The number of carbonyl (C=O) groups excluding carboxylic acids is 2. The summed E-state index contributed by atoms with van der Waals surface area (Å²) >= 11 is 0. The highest BCUT2D eigenvalue weighted by molar-refractivity contribution is 7.92. The second-order valence-electron chi connectivity index (χ2n) is 11.3. The van der Waals surface area contributed by atoms with Crippen molar-refractivity contribution in [1.29, 1.82) is 0 Å². The summed E-state index contributed by atoms with van der Waals surface area (Å²) < 4.78 is 54.7. The van der Waals surface area contributed by atoms with Crippen LogP contribution < -0.4 is 19.1 Å². The monoisotopic (exact) mass is 659 g/mol. The van der Waals surface area contributed by atoms with Crippen molar-refractivity contribution in [2.75, 3.05) is 24.1 Å². The lowest BCUT2D eigenvalue weighted by Crippen LogP contribution is -2.54. The van der Waals surface area contributed by atoms with Gasteiger partial charge in [-0.1, -0.05) is 67.6 Å². The van der Waals surface area contributed by atoms with Crippen molar-refractivity contribution < 1.29 is 31.9 Å². The van der Waals surface area contributed by atoms with Gasteiger partial charge in [0.2, 0.25) is 11.8 Å². The van der Waals surface area contributed by atoms with Gasteiger partial charge >= 0.3 is 0 Å². The molecule has 1 heterocycles. The molecule has 0 aliphatic carbocycles. The summed E-state index contributed by atoms with van der Waals surface area (Å²) in [5.74, 6) is -0.626. The zero-order valence-corrected chi connectivity index (χ0v) is 27.2. The number of amides is 2. The van der Waals surface area contributed by atoms with E-state index in [1.54, 1.807) is 42.5 Å². The van der Waals surface area contributed by atoms with E-state index in [2.05, 4.69) is 5.32 Å². The van der Waals surface area contributed by atoms with Crippen LogP contribution >= 0.6 is 0 Å². The number of nitrogens with one attached hydrogen (secondary N) is 1. The van der Waals surface area contributed by atoms with E-state index in [4.69, 9.17) is 9.47 Å². The zero-order chi connectivity index (χ0) is 33.4. The standard InChI is InChI=1S/C36H38FN3O6S/c1-3-26(2)38-36(42)32(22-27-10-6-4-7-11-27)39(24-28-14-16-29(37)17-15-28)35(41)25-40(47(43,44)31-12-8-5-9-13-31)30-18-19-33-34(23-30)46-21-20-45-33/h4-19,23,26,32H,3,20-22,24-25H2,1-2H3,(H,38,42)/t26-,32+/m0/s1. The molecule has 0 saturated heterocycles. The molecule has 11 heteroatoms. The van der Waals surface area contributed by atoms with Gasteiger partial charge in [0.25, 0.3) is 10.0 Å². The Morgan fingerprint density at radius 2 is 1.49 bits per heavy atom. The van der Waals surface area contributed by atoms with Gasteiger partial charge in [0.05, 0.1) is 10.6 Å². The first kappa shape index (κ1) is 33.5. The van der Waals surface area contributed by atoms with Gasteiger partial charge in [-0.3, -0.25) is 13.9 Å². The molecule has 0 bridgehead atoms. The summed E-state index contributed by atoms with van der Waals surface area (Å²) in [6.45, 7) is 3.78. The first-order valence-electron chi connectivity index (χ1n) is 15.5. The first-order valence-corrected chi connectivity index (χ1v) is 17.0. The highest BCUT2D eigenvalue weighted by atomic mass is 32.2. The fourth-order valence-corrected chi connectivity index (χ4v) is 6.64. The largest absolute Gasteiger partial charge is 0.486 e. The number of hydrogen-bond donors (Lipinski definition) is 1. The Labute approximate surface area is 275 Å². The lowest BCUT2D eigenvalue weighted by molar-refractivity contribution is -0.140. The van der Waals surface area contributed by atoms with Crippen molar-refractivity contribution in [2.24, 2.45) is 0 Å². The van der Waals surface area contributed by atoms with Crippen molar-refractivity contribution in [3.05, 3.63) is 120 Å². The van der Waals surface area contributed by atoms with Crippen LogP contribution in [0.15, 0.2) is 108 Å². The van der Waals surface area contributed by atoms with Crippen LogP contribution in [0.2, 0.25) is 0 Å². The van der Waals surface area contributed by atoms with Gasteiger partial charge in [0.1, 0.15) is 31.6 Å². The van der Waals surface area contributed by atoms with E-state index in [0.717, 1.165) is 9.87 Å². The quantitative estimate of drug-likeness (QED) is 0.208. The average molecular weight is 660 g/mol. The molecule has 0 radical (unpaired) electrons. The van der Waals surface area contributed by atoms with Gasteiger partial charge < -0.3 is 19.7 Å². The van der Waals surface area contributed by atoms with Crippen molar-refractivity contribution in [3.8, 4) is 11.5 Å². The zero-order valence-electron chi connectivity index (χ0n) is 26.3. The van der Waals surface area contributed by atoms with E-state index in [1.807, 2.05) is 44.2 Å². The maximum atomic E-state index is 14.6. The normalized spacial score (nSPS) is 13.7. The maximum Gasteiger partial charge on any atom is 0.264 e. The smallest absolute Gasteiger partial charge is 0.264 e. The van der Waals surface area contributed by atoms with E-state index in [9.17, 15) is 22.4 Å². The molecule has 0 aromatic heterocycles. The predicted molar refractivity (Wildman–Crippen MR) is 177 cm³/mol. The lowest BCUT2D eigenvalue weighted by atomic mass is 10.0. The van der Waals surface area contributed by atoms with Crippen LogP contribution in [-0.2, 0) is 32.6 Å². The molecule has 9 nitrogen and oxygen atoms in total. The predicted octanol–water partition coefficient (Wildman–Crippen LogP) is 5.35. The number of rotatable bonds is 13. The summed E-state index contributed by atoms with van der Waals surface area (Å²) in [5, 5.41) is 3.00. The van der Waals surface area contributed by atoms with Crippen molar-refractivity contribution in [3.63, 3.8) is 0 Å². The Morgan fingerprint density at radius 3 is 2.15 bits per heavy atom. The van der Waals surface area contributed by atoms with Crippen LogP contribution in [0.1, 0.15) is 31.4 Å². The van der Waals surface area contributed by atoms with Crippen LogP contribution in [0, 0.1) is 5.82 Å². The van der Waals surface area contributed by atoms with Gasteiger partial charge in [-0.05, 0) is 60.9 Å². The highest BCUT2D eigenvalue weighted by Crippen LogP contribution is 2.36. The number of halogens is 1. The van der Waals surface area contributed by atoms with Gasteiger partial charge in [-0.2, -0.15) is 0 Å². The minimum Gasteiger partial charge on any atom is -0.486 e. The number of sulfonamides is 1. The molecule has 1 aliphatic rings. The molecule has 0 unspecified atom stereocenters. The minimum absolute atomic E-state index is 0.0110. The summed E-state index contributed by atoms with van der Waals surface area (Å²) in [5.41, 5.74) is 1.58. The molecular weight excluding hydrogens is 621 g/mol. The van der Waals surface area contributed by atoms with Crippen LogP contribution in [0.4, 0.5) is 10.1 Å². The third-order valence-electron chi connectivity index (χ3n) is 7.96. The highest BCUT2D eigenvalue weighted by Gasteiger charge is 2.35. The van der Waals surface area contributed by atoms with Crippen LogP contribution in [0.3, 0.4) is 0 Å². The number of ether oxygens (including phenoxy) is 2. The molecule has 0 fully saturated rings. The van der Waals surface area contributed by atoms with Crippen molar-refractivity contribution in [2.45, 2.75) is 50.2 Å². The summed E-state index contributed by atoms with van der Waals surface area (Å²) in [6, 6.07) is 26.3. The summed E-state index contributed by atoms with van der Waals surface area (Å²) in [7, 11) is -4.28.